The van der Waals surface area contributed by atoms with Gasteiger partial charge in [-0.3, -0.25) is 0 Å². The molecule has 0 amide bonds. The van der Waals surface area contributed by atoms with Crippen molar-refractivity contribution >= 4 is 0 Å². The van der Waals surface area contributed by atoms with Crippen LogP contribution in [0.1, 0.15) is 24.5 Å². The molecule has 1 N–H and O–H groups in total. The third-order valence-corrected chi connectivity index (χ3v) is 2.31. The van der Waals surface area contributed by atoms with Crippen LogP contribution in [0.4, 0.5) is 0 Å². The number of hydrogen-bond acceptors (Lipinski definition) is 4. The van der Waals surface area contributed by atoms with Crippen LogP contribution in [0.3, 0.4) is 0 Å². The highest BCUT2D eigenvalue weighted by Crippen LogP contribution is 2.29. The molecule has 0 bridgehead atoms. The molecule has 0 saturated carbocycles. The lowest BCUT2D eigenvalue weighted by atomic mass is 10.1. The van der Waals surface area contributed by atoms with E-state index in [1.807, 2.05) is 6.92 Å². The minimum atomic E-state index is 0.220. The van der Waals surface area contributed by atoms with Crippen molar-refractivity contribution in [1.82, 2.24) is 0 Å². The molecular weight excluding hydrogens is 220 g/mol. The number of phenols is 1. The van der Waals surface area contributed by atoms with E-state index in [2.05, 4.69) is 0 Å². The van der Waals surface area contributed by atoms with E-state index >= 15 is 0 Å². The minimum Gasteiger partial charge on any atom is -0.507 e. The topological polar surface area (TPSA) is 47.9 Å². The van der Waals surface area contributed by atoms with E-state index in [9.17, 15) is 5.11 Å². The first-order chi connectivity index (χ1) is 8.22. The summed E-state index contributed by atoms with van der Waals surface area (Å²) in [5.74, 6) is 0.960. The second-order valence-electron chi connectivity index (χ2n) is 3.80. The Morgan fingerprint density at radius 3 is 2.00 bits per heavy atom. The Morgan fingerprint density at radius 2 is 1.59 bits per heavy atom. The maximum Gasteiger partial charge on any atom is 0.126 e. The fraction of sp³-hybridized carbons (Fsp3) is 0.538. The first-order valence-corrected chi connectivity index (χ1v) is 5.68. The number of methoxy groups -OCH3 is 2. The number of ether oxygens (including phenoxy) is 3. The zero-order valence-electron chi connectivity index (χ0n) is 10.7. The molecule has 0 unspecified atom stereocenters. The van der Waals surface area contributed by atoms with Crippen LogP contribution in [0.15, 0.2) is 12.1 Å². The number of hydrogen-bond donors (Lipinski definition) is 1. The van der Waals surface area contributed by atoms with Gasteiger partial charge in [-0.25, -0.2) is 0 Å². The van der Waals surface area contributed by atoms with Crippen LogP contribution in [-0.4, -0.2) is 25.9 Å². The Labute approximate surface area is 102 Å². The smallest absolute Gasteiger partial charge is 0.126 e. The van der Waals surface area contributed by atoms with E-state index in [4.69, 9.17) is 14.2 Å². The van der Waals surface area contributed by atoms with Crippen LogP contribution in [0.25, 0.3) is 0 Å². The van der Waals surface area contributed by atoms with Gasteiger partial charge in [-0.15, -0.1) is 0 Å². The van der Waals surface area contributed by atoms with E-state index < -0.39 is 0 Å². The van der Waals surface area contributed by atoms with Crippen molar-refractivity contribution in [3.8, 4) is 11.5 Å². The zero-order valence-corrected chi connectivity index (χ0v) is 10.7. The van der Waals surface area contributed by atoms with Gasteiger partial charge in [0.2, 0.25) is 0 Å². The average molecular weight is 240 g/mol. The molecule has 0 fully saturated rings. The molecule has 0 heterocycles. The summed E-state index contributed by atoms with van der Waals surface area (Å²) in [4.78, 5) is 0. The minimum absolute atomic E-state index is 0.220. The highest BCUT2D eigenvalue weighted by molar-refractivity contribution is 5.46. The van der Waals surface area contributed by atoms with Crippen LogP contribution in [0, 0.1) is 0 Å². The number of phenolic OH excluding ortho intramolecular Hbond substituents is 1. The summed E-state index contributed by atoms with van der Waals surface area (Å²) < 4.78 is 15.7. The highest BCUT2D eigenvalue weighted by Gasteiger charge is 2.10. The van der Waals surface area contributed by atoms with Crippen molar-refractivity contribution in [2.75, 3.05) is 20.8 Å². The van der Waals surface area contributed by atoms with Gasteiger partial charge in [0.05, 0.1) is 19.8 Å². The molecule has 4 heteroatoms. The van der Waals surface area contributed by atoms with Gasteiger partial charge in [-0.2, -0.15) is 0 Å². The van der Waals surface area contributed by atoms with Gasteiger partial charge < -0.3 is 19.3 Å². The van der Waals surface area contributed by atoms with Crippen molar-refractivity contribution in [3.63, 3.8) is 0 Å². The van der Waals surface area contributed by atoms with Crippen molar-refractivity contribution < 1.29 is 19.3 Å². The van der Waals surface area contributed by atoms with Crippen LogP contribution >= 0.6 is 0 Å². The van der Waals surface area contributed by atoms with Gasteiger partial charge in [-0.05, 0) is 18.6 Å². The van der Waals surface area contributed by atoms with E-state index in [0.717, 1.165) is 12.2 Å². The predicted molar refractivity (Wildman–Crippen MR) is 65.3 cm³/mol. The molecule has 0 spiro atoms. The SMILES string of the molecule is CCCOc1cc(COC)c(O)c(COC)c1. The van der Waals surface area contributed by atoms with E-state index in [0.29, 0.717) is 30.9 Å². The van der Waals surface area contributed by atoms with Gasteiger partial charge in [0.1, 0.15) is 11.5 Å². The maximum atomic E-state index is 9.99. The molecule has 0 atom stereocenters. The first-order valence-electron chi connectivity index (χ1n) is 5.68. The van der Waals surface area contributed by atoms with Gasteiger partial charge in [0.15, 0.2) is 0 Å². The zero-order chi connectivity index (χ0) is 12.7. The molecule has 1 rings (SSSR count). The molecule has 0 aliphatic heterocycles. The summed E-state index contributed by atoms with van der Waals surface area (Å²) in [6, 6.07) is 3.60. The third-order valence-electron chi connectivity index (χ3n) is 2.31. The summed E-state index contributed by atoms with van der Waals surface area (Å²) >= 11 is 0. The van der Waals surface area contributed by atoms with E-state index in [-0.39, 0.29) is 5.75 Å². The summed E-state index contributed by atoms with van der Waals surface area (Å²) in [5.41, 5.74) is 1.43. The second-order valence-corrected chi connectivity index (χ2v) is 3.80. The normalized spacial score (nSPS) is 10.5. The Balaban J connectivity index is 2.98. The molecule has 1 aromatic carbocycles. The van der Waals surface area contributed by atoms with E-state index in [1.165, 1.54) is 0 Å². The van der Waals surface area contributed by atoms with Crippen LogP contribution in [0.5, 0.6) is 11.5 Å². The molecule has 0 aliphatic carbocycles. The lowest BCUT2D eigenvalue weighted by Gasteiger charge is -2.13. The average Bonchev–Trinajstić information content (AvgIpc) is 2.32. The fourth-order valence-electron chi connectivity index (χ4n) is 1.56. The quantitative estimate of drug-likeness (QED) is 0.795. The summed E-state index contributed by atoms with van der Waals surface area (Å²) in [6.07, 6.45) is 0.945. The molecular formula is C13H20O4. The third kappa shape index (κ3) is 3.91. The van der Waals surface area contributed by atoms with Crippen molar-refractivity contribution in [3.05, 3.63) is 23.3 Å². The second kappa shape index (κ2) is 7.14. The molecule has 0 aromatic heterocycles. The summed E-state index contributed by atoms with van der Waals surface area (Å²) in [6.45, 7) is 3.41. The van der Waals surface area contributed by atoms with Crippen LogP contribution in [-0.2, 0) is 22.7 Å². The molecule has 0 aliphatic rings. The van der Waals surface area contributed by atoms with E-state index in [1.54, 1.807) is 26.4 Å². The number of rotatable bonds is 7. The standard InChI is InChI=1S/C13H20O4/c1-4-5-17-12-6-10(8-15-2)13(14)11(7-12)9-16-3/h6-7,14H,4-5,8-9H2,1-3H3. The van der Waals surface area contributed by atoms with Gasteiger partial charge in [-0.1, -0.05) is 6.92 Å². The molecule has 0 saturated heterocycles. The maximum absolute atomic E-state index is 9.99. The Bertz CT molecular complexity index is 322. The van der Waals surface area contributed by atoms with Crippen LogP contribution < -0.4 is 4.74 Å². The van der Waals surface area contributed by atoms with Crippen LogP contribution in [0.2, 0.25) is 0 Å². The molecule has 96 valence electrons. The number of aromatic hydroxyl groups is 1. The predicted octanol–water partition coefficient (Wildman–Crippen LogP) is 2.47. The van der Waals surface area contributed by atoms with Crippen molar-refractivity contribution in [1.29, 1.82) is 0 Å². The summed E-state index contributed by atoms with van der Waals surface area (Å²) in [5, 5.41) is 9.99. The van der Waals surface area contributed by atoms with Crippen molar-refractivity contribution in [2.45, 2.75) is 26.6 Å². The molecule has 4 nitrogen and oxygen atoms in total. The molecule has 0 radical (unpaired) electrons. The van der Waals surface area contributed by atoms with Gasteiger partial charge in [0.25, 0.3) is 0 Å². The Hall–Kier alpha value is -1.26. The monoisotopic (exact) mass is 240 g/mol. The molecule has 17 heavy (non-hydrogen) atoms. The summed E-state index contributed by atoms with van der Waals surface area (Å²) in [7, 11) is 3.18. The Kier molecular flexibility index (Phi) is 5.80. The highest BCUT2D eigenvalue weighted by atomic mass is 16.5. The van der Waals surface area contributed by atoms with Gasteiger partial charge in [0, 0.05) is 25.3 Å². The number of benzene rings is 1. The van der Waals surface area contributed by atoms with Crippen molar-refractivity contribution in [2.24, 2.45) is 0 Å². The Morgan fingerprint density at radius 1 is 1.06 bits per heavy atom. The first kappa shape index (κ1) is 13.8. The molecule has 1 aromatic rings. The largest absolute Gasteiger partial charge is 0.507 e. The lowest BCUT2D eigenvalue weighted by molar-refractivity contribution is 0.173. The van der Waals surface area contributed by atoms with Gasteiger partial charge >= 0.3 is 0 Å². The lowest BCUT2D eigenvalue weighted by Crippen LogP contribution is -2.00. The fourth-order valence-corrected chi connectivity index (χ4v) is 1.56.